The van der Waals surface area contributed by atoms with Crippen molar-refractivity contribution in [3.8, 4) is 5.75 Å². The zero-order chi connectivity index (χ0) is 15.4. The molecule has 4 nitrogen and oxygen atoms in total. The number of rotatable bonds is 4. The fourth-order valence-corrected chi connectivity index (χ4v) is 3.08. The lowest BCUT2D eigenvalue weighted by atomic mass is 10.1. The van der Waals surface area contributed by atoms with Crippen LogP contribution in [0, 0.1) is 0 Å². The highest BCUT2D eigenvalue weighted by Crippen LogP contribution is 2.26. The molecule has 0 spiro atoms. The van der Waals surface area contributed by atoms with Crippen LogP contribution in [0.4, 0.5) is 11.4 Å². The van der Waals surface area contributed by atoms with Gasteiger partial charge in [0.1, 0.15) is 5.75 Å². The van der Waals surface area contributed by atoms with E-state index in [9.17, 15) is 5.11 Å². The third kappa shape index (κ3) is 3.17. The number of aromatic hydroxyl groups is 1. The molecular formula is C18H22N2O2. The summed E-state index contributed by atoms with van der Waals surface area (Å²) >= 11 is 0. The van der Waals surface area contributed by atoms with Gasteiger partial charge in [0, 0.05) is 44.2 Å². The van der Waals surface area contributed by atoms with Crippen molar-refractivity contribution >= 4 is 11.4 Å². The average molecular weight is 298 g/mol. The summed E-state index contributed by atoms with van der Waals surface area (Å²) in [4.78, 5) is 4.71. The van der Waals surface area contributed by atoms with E-state index in [0.29, 0.717) is 12.4 Å². The number of piperazine rings is 1. The van der Waals surface area contributed by atoms with E-state index in [4.69, 9.17) is 4.74 Å². The molecule has 1 aliphatic rings. The second-order valence-electron chi connectivity index (χ2n) is 5.60. The number of methoxy groups -OCH3 is 1. The highest BCUT2D eigenvalue weighted by molar-refractivity contribution is 5.55. The zero-order valence-electron chi connectivity index (χ0n) is 12.9. The summed E-state index contributed by atoms with van der Waals surface area (Å²) in [6.45, 7) is 3.44. The van der Waals surface area contributed by atoms with E-state index in [1.165, 1.54) is 5.69 Å². The number of hydrogen-bond acceptors (Lipinski definition) is 4. The molecular weight excluding hydrogens is 276 g/mol. The molecule has 1 fully saturated rings. The van der Waals surface area contributed by atoms with Gasteiger partial charge < -0.3 is 19.6 Å². The van der Waals surface area contributed by atoms with Crippen LogP contribution in [-0.2, 0) is 4.74 Å². The molecule has 0 radical (unpaired) electrons. The molecule has 1 N–H and O–H groups in total. The first-order valence-electron chi connectivity index (χ1n) is 7.62. The van der Waals surface area contributed by atoms with Crippen LogP contribution >= 0.6 is 0 Å². The fraction of sp³-hybridized carbons (Fsp3) is 0.333. The SMILES string of the molecule is COCC1CN(c2ccccc2)CCN1c1cccc(O)c1. The minimum absolute atomic E-state index is 0.265. The second-order valence-corrected chi connectivity index (χ2v) is 5.60. The van der Waals surface area contributed by atoms with Crippen molar-refractivity contribution in [2.75, 3.05) is 43.2 Å². The summed E-state index contributed by atoms with van der Waals surface area (Å²) in [5.74, 6) is 0.305. The van der Waals surface area contributed by atoms with E-state index in [0.717, 1.165) is 25.3 Å². The number of phenols is 1. The molecule has 0 bridgehead atoms. The van der Waals surface area contributed by atoms with Crippen LogP contribution in [0.15, 0.2) is 54.6 Å². The standard InChI is InChI=1S/C18H22N2O2/c1-22-14-17-13-19(15-6-3-2-4-7-15)10-11-20(17)16-8-5-9-18(21)12-16/h2-9,12,17,21H,10-11,13-14H2,1H3. The van der Waals surface area contributed by atoms with Gasteiger partial charge in [0.25, 0.3) is 0 Å². The molecule has 0 aromatic heterocycles. The molecule has 0 aliphatic carbocycles. The lowest BCUT2D eigenvalue weighted by molar-refractivity contribution is 0.174. The number of hydrogen-bond donors (Lipinski definition) is 1. The van der Waals surface area contributed by atoms with Crippen LogP contribution in [-0.4, -0.2) is 44.5 Å². The van der Waals surface area contributed by atoms with E-state index in [-0.39, 0.29) is 6.04 Å². The minimum Gasteiger partial charge on any atom is -0.508 e. The normalized spacial score (nSPS) is 18.5. The van der Waals surface area contributed by atoms with Crippen LogP contribution in [0.5, 0.6) is 5.75 Å². The Bertz CT molecular complexity index is 603. The Labute approximate surface area is 131 Å². The third-order valence-corrected chi connectivity index (χ3v) is 4.12. The van der Waals surface area contributed by atoms with Crippen molar-refractivity contribution in [1.29, 1.82) is 0 Å². The molecule has 1 aliphatic heterocycles. The van der Waals surface area contributed by atoms with Gasteiger partial charge in [0.05, 0.1) is 12.6 Å². The van der Waals surface area contributed by atoms with Crippen molar-refractivity contribution < 1.29 is 9.84 Å². The molecule has 1 atom stereocenters. The van der Waals surface area contributed by atoms with Crippen molar-refractivity contribution in [2.45, 2.75) is 6.04 Å². The Balaban J connectivity index is 1.79. The van der Waals surface area contributed by atoms with Gasteiger partial charge in [-0.15, -0.1) is 0 Å². The van der Waals surface area contributed by atoms with Gasteiger partial charge in [0.2, 0.25) is 0 Å². The van der Waals surface area contributed by atoms with Gasteiger partial charge in [0.15, 0.2) is 0 Å². The maximum absolute atomic E-state index is 9.72. The summed E-state index contributed by atoms with van der Waals surface area (Å²) in [6, 6.07) is 18.2. The predicted molar refractivity (Wildman–Crippen MR) is 89.8 cm³/mol. The first kappa shape index (κ1) is 14.7. The lowest BCUT2D eigenvalue weighted by Gasteiger charge is -2.43. The zero-order valence-corrected chi connectivity index (χ0v) is 12.9. The Morgan fingerprint density at radius 2 is 1.82 bits per heavy atom. The first-order valence-corrected chi connectivity index (χ1v) is 7.62. The Kier molecular flexibility index (Phi) is 4.49. The predicted octanol–water partition coefficient (Wildman–Crippen LogP) is 2.73. The Morgan fingerprint density at radius 3 is 2.55 bits per heavy atom. The summed E-state index contributed by atoms with van der Waals surface area (Å²) in [5, 5.41) is 9.72. The summed E-state index contributed by atoms with van der Waals surface area (Å²) in [6.07, 6.45) is 0. The van der Waals surface area contributed by atoms with Crippen LogP contribution in [0.1, 0.15) is 0 Å². The number of benzene rings is 2. The summed E-state index contributed by atoms with van der Waals surface area (Å²) in [7, 11) is 1.74. The average Bonchev–Trinajstić information content (AvgIpc) is 2.56. The van der Waals surface area contributed by atoms with Gasteiger partial charge >= 0.3 is 0 Å². The van der Waals surface area contributed by atoms with E-state index in [1.807, 2.05) is 24.3 Å². The molecule has 1 saturated heterocycles. The van der Waals surface area contributed by atoms with Gasteiger partial charge in [-0.1, -0.05) is 24.3 Å². The maximum Gasteiger partial charge on any atom is 0.117 e. The molecule has 2 aromatic rings. The topological polar surface area (TPSA) is 35.9 Å². The van der Waals surface area contributed by atoms with Crippen LogP contribution in [0.2, 0.25) is 0 Å². The number of phenolic OH excluding ortho intramolecular Hbond substituents is 1. The number of anilines is 2. The van der Waals surface area contributed by atoms with Gasteiger partial charge in [-0.05, 0) is 24.3 Å². The van der Waals surface area contributed by atoms with E-state index in [1.54, 1.807) is 13.2 Å². The number of para-hydroxylation sites is 1. The quantitative estimate of drug-likeness (QED) is 0.941. The van der Waals surface area contributed by atoms with Gasteiger partial charge in [-0.2, -0.15) is 0 Å². The van der Waals surface area contributed by atoms with Crippen LogP contribution in [0.25, 0.3) is 0 Å². The Morgan fingerprint density at radius 1 is 1.05 bits per heavy atom. The highest BCUT2D eigenvalue weighted by atomic mass is 16.5. The smallest absolute Gasteiger partial charge is 0.117 e. The summed E-state index contributed by atoms with van der Waals surface area (Å²) in [5.41, 5.74) is 2.30. The minimum atomic E-state index is 0.265. The molecule has 0 saturated carbocycles. The lowest BCUT2D eigenvalue weighted by Crippen LogP contribution is -2.55. The molecule has 1 heterocycles. The number of ether oxygens (including phenoxy) is 1. The molecule has 2 aromatic carbocycles. The van der Waals surface area contributed by atoms with Crippen molar-refractivity contribution in [3.63, 3.8) is 0 Å². The number of nitrogens with zero attached hydrogens (tertiary/aromatic N) is 2. The van der Waals surface area contributed by atoms with Crippen molar-refractivity contribution in [1.82, 2.24) is 0 Å². The molecule has 4 heteroatoms. The molecule has 3 rings (SSSR count). The third-order valence-electron chi connectivity index (χ3n) is 4.12. The molecule has 1 unspecified atom stereocenters. The van der Waals surface area contributed by atoms with Gasteiger partial charge in [-0.3, -0.25) is 0 Å². The van der Waals surface area contributed by atoms with Crippen LogP contribution in [0.3, 0.4) is 0 Å². The van der Waals surface area contributed by atoms with E-state index >= 15 is 0 Å². The molecule has 116 valence electrons. The van der Waals surface area contributed by atoms with Crippen molar-refractivity contribution in [3.05, 3.63) is 54.6 Å². The van der Waals surface area contributed by atoms with E-state index in [2.05, 4.69) is 34.1 Å². The van der Waals surface area contributed by atoms with Crippen LogP contribution < -0.4 is 9.80 Å². The Hall–Kier alpha value is -2.20. The molecule has 0 amide bonds. The van der Waals surface area contributed by atoms with Crippen molar-refractivity contribution in [2.24, 2.45) is 0 Å². The summed E-state index contributed by atoms with van der Waals surface area (Å²) < 4.78 is 5.42. The maximum atomic E-state index is 9.72. The van der Waals surface area contributed by atoms with E-state index < -0.39 is 0 Å². The molecule has 22 heavy (non-hydrogen) atoms. The largest absolute Gasteiger partial charge is 0.508 e. The van der Waals surface area contributed by atoms with Gasteiger partial charge in [-0.25, -0.2) is 0 Å². The highest BCUT2D eigenvalue weighted by Gasteiger charge is 2.27. The monoisotopic (exact) mass is 298 g/mol. The second kappa shape index (κ2) is 6.71. The first-order chi connectivity index (χ1) is 10.8. The fourth-order valence-electron chi connectivity index (χ4n) is 3.08.